The zero-order valence-electron chi connectivity index (χ0n) is 17.8. The Kier molecular flexibility index (Phi) is 6.02. The third kappa shape index (κ3) is 4.25. The number of H-pyrrole nitrogens is 2. The molecule has 0 fully saturated rings. The van der Waals surface area contributed by atoms with Gasteiger partial charge in [-0.1, -0.05) is 18.2 Å². The second-order valence-corrected chi connectivity index (χ2v) is 7.42. The predicted octanol–water partition coefficient (Wildman–Crippen LogP) is 3.55. The molecular weight excluding hydrogens is 411 g/mol. The van der Waals surface area contributed by atoms with Crippen molar-refractivity contribution in [1.82, 2.24) is 14.8 Å². The lowest BCUT2D eigenvalue weighted by Gasteiger charge is -2.02. The van der Waals surface area contributed by atoms with Crippen LogP contribution in [-0.2, 0) is 22.4 Å². The van der Waals surface area contributed by atoms with Crippen LogP contribution in [0.5, 0.6) is 0 Å². The number of benzene rings is 2. The van der Waals surface area contributed by atoms with E-state index in [1.54, 1.807) is 25.1 Å². The van der Waals surface area contributed by atoms with Crippen LogP contribution in [-0.4, -0.2) is 40.1 Å². The first-order valence-electron chi connectivity index (χ1n) is 10.2. The van der Waals surface area contributed by atoms with Crippen LogP contribution < -0.4 is 5.56 Å². The summed E-state index contributed by atoms with van der Waals surface area (Å²) in [5.74, 6) is -0.749. The van der Waals surface area contributed by atoms with Crippen LogP contribution in [0.25, 0.3) is 16.6 Å². The van der Waals surface area contributed by atoms with E-state index < -0.39 is 5.97 Å². The van der Waals surface area contributed by atoms with Gasteiger partial charge in [0.2, 0.25) is 0 Å². The van der Waals surface area contributed by atoms with Gasteiger partial charge in [0.15, 0.2) is 0 Å². The molecule has 0 radical (unpaired) electrons. The monoisotopic (exact) mass is 434 g/mol. The molecule has 2 heterocycles. The Balaban J connectivity index is 1.63. The SMILES string of the molecule is COC(=O)Cc1[nH]n(-c2ccccc2)c(=O)c1C(C)=NCCc1c[nH]c2ccc(F)cc12. The zero-order valence-corrected chi connectivity index (χ0v) is 17.8. The highest BCUT2D eigenvalue weighted by atomic mass is 19.1. The summed E-state index contributed by atoms with van der Waals surface area (Å²) in [5, 5.41) is 3.84. The summed E-state index contributed by atoms with van der Waals surface area (Å²) in [6.07, 6.45) is 2.34. The maximum absolute atomic E-state index is 13.6. The number of hydrogen-bond donors (Lipinski definition) is 2. The number of aromatic nitrogens is 3. The van der Waals surface area contributed by atoms with Crippen molar-refractivity contribution in [3.05, 3.63) is 87.7 Å². The number of ether oxygens (including phenoxy) is 1. The molecule has 2 aromatic heterocycles. The molecule has 2 aromatic carbocycles. The predicted molar refractivity (Wildman–Crippen MR) is 121 cm³/mol. The zero-order chi connectivity index (χ0) is 22.7. The molecule has 0 aliphatic rings. The molecule has 4 aromatic rings. The van der Waals surface area contributed by atoms with Gasteiger partial charge in [0.1, 0.15) is 5.82 Å². The number of carbonyl (C=O) groups is 1. The van der Waals surface area contributed by atoms with Gasteiger partial charge in [-0.3, -0.25) is 19.7 Å². The number of methoxy groups -OCH3 is 1. The number of esters is 1. The Morgan fingerprint density at radius 1 is 1.19 bits per heavy atom. The average Bonchev–Trinajstić information content (AvgIpc) is 3.34. The van der Waals surface area contributed by atoms with Crippen molar-refractivity contribution in [2.45, 2.75) is 19.8 Å². The van der Waals surface area contributed by atoms with Crippen LogP contribution in [0, 0.1) is 5.82 Å². The normalized spacial score (nSPS) is 11.8. The lowest BCUT2D eigenvalue weighted by molar-refractivity contribution is -0.139. The minimum Gasteiger partial charge on any atom is -0.469 e. The molecule has 0 aliphatic carbocycles. The van der Waals surface area contributed by atoms with E-state index in [9.17, 15) is 14.0 Å². The molecule has 0 amide bonds. The second kappa shape index (κ2) is 9.05. The highest BCUT2D eigenvalue weighted by Crippen LogP contribution is 2.20. The highest BCUT2D eigenvalue weighted by molar-refractivity contribution is 6.00. The van der Waals surface area contributed by atoms with E-state index in [1.165, 1.54) is 23.9 Å². The van der Waals surface area contributed by atoms with Crippen LogP contribution in [0.1, 0.15) is 23.7 Å². The number of hydrogen-bond acceptors (Lipinski definition) is 4. The lowest BCUT2D eigenvalue weighted by atomic mass is 10.1. The third-order valence-electron chi connectivity index (χ3n) is 5.35. The van der Waals surface area contributed by atoms with Crippen molar-refractivity contribution in [3.8, 4) is 5.69 Å². The van der Waals surface area contributed by atoms with E-state index in [0.29, 0.717) is 35.6 Å². The molecule has 164 valence electrons. The van der Waals surface area contributed by atoms with Gasteiger partial charge in [-0.2, -0.15) is 0 Å². The first kappa shape index (κ1) is 21.3. The molecule has 7 nitrogen and oxygen atoms in total. The number of carbonyl (C=O) groups excluding carboxylic acids is 1. The first-order chi connectivity index (χ1) is 15.5. The Morgan fingerprint density at radius 2 is 1.97 bits per heavy atom. The standard InChI is InChI=1S/C24H23FN4O3/c1-15(26-11-10-16-14-27-20-9-8-17(25)12-19(16)20)23-21(13-22(30)32-2)28-29(24(23)31)18-6-4-3-5-7-18/h3-9,12,14,27-28H,10-11,13H2,1-2H3. The fourth-order valence-electron chi connectivity index (χ4n) is 3.74. The van der Waals surface area contributed by atoms with E-state index in [0.717, 1.165) is 16.5 Å². The molecule has 0 saturated carbocycles. The Bertz CT molecular complexity index is 1350. The number of nitrogens with one attached hydrogen (secondary N) is 2. The van der Waals surface area contributed by atoms with Gasteiger partial charge >= 0.3 is 5.97 Å². The second-order valence-electron chi connectivity index (χ2n) is 7.42. The minimum atomic E-state index is -0.457. The minimum absolute atomic E-state index is 0.0739. The average molecular weight is 434 g/mol. The van der Waals surface area contributed by atoms with Crippen LogP contribution in [0.2, 0.25) is 0 Å². The van der Waals surface area contributed by atoms with Gasteiger partial charge in [0.05, 0.1) is 30.5 Å². The molecule has 0 bridgehead atoms. The Morgan fingerprint density at radius 3 is 2.72 bits per heavy atom. The summed E-state index contributed by atoms with van der Waals surface area (Å²) >= 11 is 0. The summed E-state index contributed by atoms with van der Waals surface area (Å²) < 4.78 is 19.8. The number of fused-ring (bicyclic) bond motifs is 1. The summed E-state index contributed by atoms with van der Waals surface area (Å²) in [5.41, 5.74) is 3.49. The number of para-hydroxylation sites is 1. The number of aromatic amines is 2. The van der Waals surface area contributed by atoms with Gasteiger partial charge in [-0.05, 0) is 49.2 Å². The highest BCUT2D eigenvalue weighted by Gasteiger charge is 2.20. The molecule has 0 spiro atoms. The van der Waals surface area contributed by atoms with E-state index in [2.05, 4.69) is 15.1 Å². The Labute approximate surface area is 183 Å². The molecule has 32 heavy (non-hydrogen) atoms. The van der Waals surface area contributed by atoms with Gasteiger partial charge < -0.3 is 9.72 Å². The number of halogens is 1. The summed E-state index contributed by atoms with van der Waals surface area (Å²) in [7, 11) is 1.30. The summed E-state index contributed by atoms with van der Waals surface area (Å²) in [4.78, 5) is 32.8. The van der Waals surface area contributed by atoms with Crippen LogP contribution in [0.4, 0.5) is 4.39 Å². The third-order valence-corrected chi connectivity index (χ3v) is 5.35. The molecular formula is C24H23FN4O3. The van der Waals surface area contributed by atoms with E-state index in [4.69, 9.17) is 4.74 Å². The molecule has 2 N–H and O–H groups in total. The smallest absolute Gasteiger partial charge is 0.311 e. The fraction of sp³-hybridized carbons (Fsp3) is 0.208. The van der Waals surface area contributed by atoms with Crippen molar-refractivity contribution in [2.75, 3.05) is 13.7 Å². The topological polar surface area (TPSA) is 92.2 Å². The van der Waals surface area contributed by atoms with E-state index in [1.807, 2.05) is 24.4 Å². The number of rotatable bonds is 7. The van der Waals surface area contributed by atoms with Gasteiger partial charge in [0, 0.05) is 29.4 Å². The number of aliphatic imine (C=N–C) groups is 1. The van der Waals surface area contributed by atoms with Gasteiger partial charge in [0.25, 0.3) is 5.56 Å². The summed E-state index contributed by atoms with van der Waals surface area (Å²) in [6, 6.07) is 13.7. The first-order valence-corrected chi connectivity index (χ1v) is 10.2. The quantitative estimate of drug-likeness (QED) is 0.344. The molecule has 0 unspecified atom stereocenters. The van der Waals surface area contributed by atoms with Gasteiger partial charge in [-0.25, -0.2) is 9.07 Å². The van der Waals surface area contributed by atoms with Crippen molar-refractivity contribution >= 4 is 22.6 Å². The van der Waals surface area contributed by atoms with E-state index >= 15 is 0 Å². The molecule has 8 heteroatoms. The maximum atomic E-state index is 13.6. The fourth-order valence-corrected chi connectivity index (χ4v) is 3.74. The largest absolute Gasteiger partial charge is 0.469 e. The van der Waals surface area contributed by atoms with Crippen molar-refractivity contribution in [3.63, 3.8) is 0 Å². The summed E-state index contributed by atoms with van der Waals surface area (Å²) in [6.45, 7) is 2.15. The molecule has 0 atom stereocenters. The maximum Gasteiger partial charge on any atom is 0.311 e. The lowest BCUT2D eigenvalue weighted by Crippen LogP contribution is -2.20. The van der Waals surface area contributed by atoms with E-state index in [-0.39, 0.29) is 17.8 Å². The van der Waals surface area contributed by atoms with Crippen molar-refractivity contribution in [1.29, 1.82) is 0 Å². The molecule has 4 rings (SSSR count). The van der Waals surface area contributed by atoms with Crippen molar-refractivity contribution in [2.24, 2.45) is 4.99 Å². The van der Waals surface area contributed by atoms with Crippen LogP contribution in [0.15, 0.2) is 64.5 Å². The van der Waals surface area contributed by atoms with Gasteiger partial charge in [-0.15, -0.1) is 0 Å². The Hall–Kier alpha value is -3.94. The van der Waals surface area contributed by atoms with Crippen molar-refractivity contribution < 1.29 is 13.9 Å². The van der Waals surface area contributed by atoms with Crippen LogP contribution >= 0.6 is 0 Å². The number of nitrogens with zero attached hydrogens (tertiary/aromatic N) is 2. The molecule has 0 saturated heterocycles. The van der Waals surface area contributed by atoms with Crippen LogP contribution in [0.3, 0.4) is 0 Å². The molecule has 0 aliphatic heterocycles.